The van der Waals surface area contributed by atoms with Crippen molar-refractivity contribution in [1.29, 1.82) is 0 Å². The molecule has 0 heterocycles. The number of amides is 1. The number of carbonyl (C=O) groups is 1. The maximum atomic E-state index is 13.7. The van der Waals surface area contributed by atoms with Gasteiger partial charge in [-0.1, -0.05) is 18.2 Å². The molecule has 1 unspecified atom stereocenters. The minimum absolute atomic E-state index is 0.0933. The second kappa shape index (κ2) is 6.14. The summed E-state index contributed by atoms with van der Waals surface area (Å²) in [6, 6.07) is 4.74. The molecule has 18 heavy (non-hydrogen) atoms. The first-order valence-corrected chi connectivity index (χ1v) is 6.85. The molecule has 0 saturated heterocycles. The molecule has 0 aliphatic heterocycles. The molecule has 2 nitrogen and oxygen atoms in total. The topological polar surface area (TPSA) is 29.1 Å². The molecular weight excluding hydrogens is 297 g/mol. The van der Waals surface area contributed by atoms with E-state index in [1.165, 1.54) is 6.07 Å². The SMILES string of the molecule is O=C(NCC1CC=CCC1)c1cccc(Br)c1F. The van der Waals surface area contributed by atoms with Gasteiger partial charge in [-0.2, -0.15) is 0 Å². The van der Waals surface area contributed by atoms with E-state index in [-0.39, 0.29) is 11.5 Å². The van der Waals surface area contributed by atoms with Gasteiger partial charge in [0.2, 0.25) is 0 Å². The maximum absolute atomic E-state index is 13.7. The van der Waals surface area contributed by atoms with Gasteiger partial charge in [0.1, 0.15) is 5.82 Å². The molecule has 1 aliphatic rings. The second-order valence-electron chi connectivity index (χ2n) is 4.46. The van der Waals surface area contributed by atoms with Crippen molar-refractivity contribution in [3.05, 3.63) is 46.2 Å². The highest BCUT2D eigenvalue weighted by Gasteiger charge is 2.16. The van der Waals surface area contributed by atoms with E-state index >= 15 is 0 Å². The molecule has 2 rings (SSSR count). The van der Waals surface area contributed by atoms with Crippen LogP contribution in [0.3, 0.4) is 0 Å². The highest BCUT2D eigenvalue weighted by molar-refractivity contribution is 9.10. The van der Waals surface area contributed by atoms with Crippen LogP contribution in [0.4, 0.5) is 4.39 Å². The molecule has 1 N–H and O–H groups in total. The summed E-state index contributed by atoms with van der Waals surface area (Å²) >= 11 is 3.08. The summed E-state index contributed by atoms with van der Waals surface area (Å²) in [7, 11) is 0. The highest BCUT2D eigenvalue weighted by Crippen LogP contribution is 2.19. The Morgan fingerprint density at radius 3 is 3.00 bits per heavy atom. The molecule has 0 fully saturated rings. The summed E-state index contributed by atoms with van der Waals surface area (Å²) in [6.45, 7) is 0.606. The molecule has 96 valence electrons. The van der Waals surface area contributed by atoms with Crippen LogP contribution < -0.4 is 5.32 Å². The predicted molar refractivity (Wildman–Crippen MR) is 72.9 cm³/mol. The van der Waals surface area contributed by atoms with Crippen molar-refractivity contribution in [2.24, 2.45) is 5.92 Å². The van der Waals surface area contributed by atoms with Gasteiger partial charge < -0.3 is 5.32 Å². The van der Waals surface area contributed by atoms with E-state index in [1.54, 1.807) is 12.1 Å². The fourth-order valence-corrected chi connectivity index (χ4v) is 2.42. The number of rotatable bonds is 3. The number of allylic oxidation sites excluding steroid dienone is 2. The van der Waals surface area contributed by atoms with Gasteiger partial charge in [-0.3, -0.25) is 4.79 Å². The van der Waals surface area contributed by atoms with Gasteiger partial charge in [-0.15, -0.1) is 0 Å². The lowest BCUT2D eigenvalue weighted by molar-refractivity contribution is 0.0942. The Hall–Kier alpha value is -1.16. The van der Waals surface area contributed by atoms with Crippen LogP contribution in [0.2, 0.25) is 0 Å². The van der Waals surface area contributed by atoms with Gasteiger partial charge in [0.05, 0.1) is 10.0 Å². The summed E-state index contributed by atoms with van der Waals surface area (Å²) in [5.74, 6) is -0.379. The Balaban J connectivity index is 1.95. The van der Waals surface area contributed by atoms with E-state index < -0.39 is 5.82 Å². The standard InChI is InChI=1S/C14H15BrFNO/c15-12-8-4-7-11(13(12)16)14(18)17-9-10-5-2-1-3-6-10/h1-2,4,7-8,10H,3,5-6,9H2,(H,17,18). The molecule has 1 amide bonds. The van der Waals surface area contributed by atoms with Crippen LogP contribution in [0, 0.1) is 11.7 Å². The Morgan fingerprint density at radius 2 is 2.28 bits per heavy atom. The lowest BCUT2D eigenvalue weighted by Crippen LogP contribution is -2.30. The number of hydrogen-bond donors (Lipinski definition) is 1. The van der Waals surface area contributed by atoms with Crippen LogP contribution in [0.5, 0.6) is 0 Å². The number of hydrogen-bond acceptors (Lipinski definition) is 1. The number of nitrogens with one attached hydrogen (secondary N) is 1. The van der Waals surface area contributed by atoms with Crippen molar-refractivity contribution in [3.63, 3.8) is 0 Å². The van der Waals surface area contributed by atoms with Crippen LogP contribution in [-0.2, 0) is 0 Å². The predicted octanol–water partition coefficient (Wildman–Crippen LogP) is 3.67. The van der Waals surface area contributed by atoms with E-state index in [4.69, 9.17) is 0 Å². The minimum Gasteiger partial charge on any atom is -0.352 e. The zero-order chi connectivity index (χ0) is 13.0. The van der Waals surface area contributed by atoms with Crippen molar-refractivity contribution >= 4 is 21.8 Å². The smallest absolute Gasteiger partial charge is 0.254 e. The molecular formula is C14H15BrFNO. The fourth-order valence-electron chi connectivity index (χ4n) is 2.05. The molecule has 1 aromatic rings. The first kappa shape index (κ1) is 13.3. The Morgan fingerprint density at radius 1 is 1.44 bits per heavy atom. The van der Waals surface area contributed by atoms with Crippen molar-refractivity contribution in [3.8, 4) is 0 Å². The highest BCUT2D eigenvalue weighted by atomic mass is 79.9. The van der Waals surface area contributed by atoms with E-state index in [0.29, 0.717) is 16.9 Å². The molecule has 0 saturated carbocycles. The molecule has 0 bridgehead atoms. The Kier molecular flexibility index (Phi) is 4.53. The summed E-state index contributed by atoms with van der Waals surface area (Å²) in [5.41, 5.74) is 0.0933. The number of halogens is 2. The maximum Gasteiger partial charge on any atom is 0.254 e. The zero-order valence-electron chi connectivity index (χ0n) is 9.96. The minimum atomic E-state index is -0.501. The Bertz CT molecular complexity index is 473. The van der Waals surface area contributed by atoms with Gasteiger partial charge in [0.25, 0.3) is 5.91 Å². The van der Waals surface area contributed by atoms with Crippen molar-refractivity contribution in [2.45, 2.75) is 19.3 Å². The third kappa shape index (κ3) is 3.19. The monoisotopic (exact) mass is 311 g/mol. The molecule has 4 heteroatoms. The van der Waals surface area contributed by atoms with Gasteiger partial charge in [-0.25, -0.2) is 4.39 Å². The third-order valence-electron chi connectivity index (χ3n) is 3.13. The third-order valence-corrected chi connectivity index (χ3v) is 3.74. The largest absolute Gasteiger partial charge is 0.352 e. The molecule has 0 spiro atoms. The second-order valence-corrected chi connectivity index (χ2v) is 5.32. The summed E-state index contributed by atoms with van der Waals surface area (Å²) < 4.78 is 14.0. The Labute approximate surface area is 114 Å². The molecule has 1 aromatic carbocycles. The van der Waals surface area contributed by atoms with Crippen molar-refractivity contribution in [2.75, 3.05) is 6.54 Å². The van der Waals surface area contributed by atoms with Crippen LogP contribution >= 0.6 is 15.9 Å². The lowest BCUT2D eigenvalue weighted by atomic mass is 9.94. The van der Waals surface area contributed by atoms with E-state index in [0.717, 1.165) is 19.3 Å². The summed E-state index contributed by atoms with van der Waals surface area (Å²) in [4.78, 5) is 11.9. The normalized spacial score (nSPS) is 18.7. The number of carbonyl (C=O) groups excluding carboxylic acids is 1. The first-order valence-electron chi connectivity index (χ1n) is 6.05. The average Bonchev–Trinajstić information content (AvgIpc) is 2.40. The quantitative estimate of drug-likeness (QED) is 0.848. The molecule has 0 aromatic heterocycles. The van der Waals surface area contributed by atoms with Gasteiger partial charge in [0.15, 0.2) is 0 Å². The average molecular weight is 312 g/mol. The van der Waals surface area contributed by atoms with Gasteiger partial charge in [-0.05, 0) is 53.2 Å². The molecule has 1 aliphatic carbocycles. The van der Waals surface area contributed by atoms with Crippen LogP contribution in [0.25, 0.3) is 0 Å². The molecule has 0 radical (unpaired) electrons. The summed E-state index contributed by atoms with van der Waals surface area (Å²) in [5, 5.41) is 2.80. The van der Waals surface area contributed by atoms with Crippen LogP contribution in [0.1, 0.15) is 29.6 Å². The first-order chi connectivity index (χ1) is 8.68. The molecule has 1 atom stereocenters. The van der Waals surface area contributed by atoms with E-state index in [1.807, 2.05) is 0 Å². The zero-order valence-corrected chi connectivity index (χ0v) is 11.5. The lowest BCUT2D eigenvalue weighted by Gasteiger charge is -2.18. The number of benzene rings is 1. The van der Waals surface area contributed by atoms with Crippen molar-refractivity contribution < 1.29 is 9.18 Å². The van der Waals surface area contributed by atoms with E-state index in [9.17, 15) is 9.18 Å². The van der Waals surface area contributed by atoms with Crippen molar-refractivity contribution in [1.82, 2.24) is 5.32 Å². The summed E-state index contributed by atoms with van der Waals surface area (Å²) in [6.07, 6.45) is 7.43. The fraction of sp³-hybridized carbons (Fsp3) is 0.357. The van der Waals surface area contributed by atoms with Gasteiger partial charge in [0, 0.05) is 6.54 Å². The van der Waals surface area contributed by atoms with Crippen LogP contribution in [-0.4, -0.2) is 12.5 Å². The van der Waals surface area contributed by atoms with Crippen LogP contribution in [0.15, 0.2) is 34.8 Å². The van der Waals surface area contributed by atoms with Gasteiger partial charge >= 0.3 is 0 Å². The van der Waals surface area contributed by atoms with E-state index in [2.05, 4.69) is 33.4 Å².